The molecule has 1 aromatic carbocycles. The molecule has 1 aliphatic heterocycles. The second-order valence-corrected chi connectivity index (χ2v) is 10.2. The van der Waals surface area contributed by atoms with E-state index >= 15 is 0 Å². The van der Waals surface area contributed by atoms with Gasteiger partial charge in [-0.2, -0.15) is 0 Å². The SMILES string of the molecule is CC[C@@H]1CCCCN1C(=O)c1cn(CCOC)cc(C(=O)NCC2(c3ccccc3)CCCC2)c1=O. The van der Waals surface area contributed by atoms with Crippen LogP contribution in [0.25, 0.3) is 0 Å². The molecule has 2 fully saturated rings. The molecule has 0 radical (unpaired) electrons. The summed E-state index contributed by atoms with van der Waals surface area (Å²) in [6.45, 7) is 4.04. The molecule has 0 bridgehead atoms. The number of piperidine rings is 1. The standard InChI is InChI=1S/C29H39N3O4/c1-3-23-13-7-10-16-32(23)28(35)25-20-31(17-18-36-2)19-24(26(25)33)27(34)30-21-29(14-8-9-15-29)22-11-5-4-6-12-22/h4-6,11-12,19-20,23H,3,7-10,13-18,21H2,1-2H3,(H,30,34)/t23-/m1/s1. The zero-order valence-electron chi connectivity index (χ0n) is 21.6. The van der Waals surface area contributed by atoms with Crippen molar-refractivity contribution in [2.24, 2.45) is 0 Å². The first-order valence-electron chi connectivity index (χ1n) is 13.4. The first-order chi connectivity index (χ1) is 17.5. The Kier molecular flexibility index (Phi) is 8.62. The molecule has 1 N–H and O–H groups in total. The van der Waals surface area contributed by atoms with E-state index in [4.69, 9.17) is 4.74 Å². The van der Waals surface area contributed by atoms with E-state index in [9.17, 15) is 14.4 Å². The van der Waals surface area contributed by atoms with E-state index in [1.807, 2.05) is 23.1 Å². The normalized spacial score (nSPS) is 19.3. The van der Waals surface area contributed by atoms with Gasteiger partial charge in [-0.05, 0) is 44.1 Å². The van der Waals surface area contributed by atoms with Gasteiger partial charge in [0.15, 0.2) is 0 Å². The second-order valence-electron chi connectivity index (χ2n) is 10.2. The molecular weight excluding hydrogens is 454 g/mol. The number of amides is 2. The Hall–Kier alpha value is -2.93. The fraction of sp³-hybridized carbons (Fsp3) is 0.552. The second kappa shape index (κ2) is 11.9. The van der Waals surface area contributed by atoms with Gasteiger partial charge in [0, 0.05) is 50.6 Å². The molecule has 2 aliphatic rings. The monoisotopic (exact) mass is 493 g/mol. The Bertz CT molecular complexity index is 1110. The Morgan fingerprint density at radius 1 is 1.06 bits per heavy atom. The molecule has 1 atom stereocenters. The van der Waals surface area contributed by atoms with Crippen LogP contribution in [0.5, 0.6) is 0 Å². The number of hydrogen-bond donors (Lipinski definition) is 1. The van der Waals surface area contributed by atoms with Crippen LogP contribution in [0, 0.1) is 0 Å². The van der Waals surface area contributed by atoms with Crippen molar-refractivity contribution in [2.45, 2.75) is 76.3 Å². The Morgan fingerprint density at radius 2 is 1.78 bits per heavy atom. The summed E-state index contributed by atoms with van der Waals surface area (Å²) in [5, 5.41) is 3.06. The molecule has 0 spiro atoms. The van der Waals surface area contributed by atoms with Crippen LogP contribution in [-0.2, 0) is 16.7 Å². The lowest BCUT2D eigenvalue weighted by Crippen LogP contribution is -2.46. The van der Waals surface area contributed by atoms with Gasteiger partial charge in [0.2, 0.25) is 5.43 Å². The summed E-state index contributed by atoms with van der Waals surface area (Å²) in [4.78, 5) is 42.3. The minimum Gasteiger partial charge on any atom is -0.383 e. The smallest absolute Gasteiger partial charge is 0.259 e. The van der Waals surface area contributed by atoms with E-state index in [1.165, 1.54) is 5.56 Å². The van der Waals surface area contributed by atoms with Crippen molar-refractivity contribution in [3.63, 3.8) is 0 Å². The molecule has 1 saturated heterocycles. The number of carbonyl (C=O) groups excluding carboxylic acids is 2. The van der Waals surface area contributed by atoms with Gasteiger partial charge in [0.25, 0.3) is 11.8 Å². The van der Waals surface area contributed by atoms with Crippen molar-refractivity contribution >= 4 is 11.8 Å². The highest BCUT2D eigenvalue weighted by molar-refractivity contribution is 5.99. The number of pyridine rings is 1. The summed E-state index contributed by atoms with van der Waals surface area (Å²) in [6.07, 6.45) is 11.2. The quantitative estimate of drug-likeness (QED) is 0.569. The van der Waals surface area contributed by atoms with Crippen LogP contribution in [0.1, 0.15) is 84.6 Å². The largest absolute Gasteiger partial charge is 0.383 e. The lowest BCUT2D eigenvalue weighted by molar-refractivity contribution is 0.0605. The van der Waals surface area contributed by atoms with Gasteiger partial charge in [-0.15, -0.1) is 0 Å². The van der Waals surface area contributed by atoms with Gasteiger partial charge in [-0.1, -0.05) is 50.1 Å². The average Bonchev–Trinajstić information content (AvgIpc) is 3.41. The Morgan fingerprint density at radius 3 is 2.47 bits per heavy atom. The van der Waals surface area contributed by atoms with Crippen LogP contribution in [0.2, 0.25) is 0 Å². The average molecular weight is 494 g/mol. The van der Waals surface area contributed by atoms with E-state index in [0.717, 1.165) is 51.4 Å². The number of aromatic nitrogens is 1. The summed E-state index contributed by atoms with van der Waals surface area (Å²) < 4.78 is 6.95. The fourth-order valence-electron chi connectivity index (χ4n) is 5.87. The van der Waals surface area contributed by atoms with Gasteiger partial charge < -0.3 is 19.5 Å². The molecule has 1 aliphatic carbocycles. The van der Waals surface area contributed by atoms with Crippen molar-refractivity contribution in [1.82, 2.24) is 14.8 Å². The third-order valence-corrected chi connectivity index (χ3v) is 8.00. The molecule has 0 unspecified atom stereocenters. The Balaban J connectivity index is 1.62. The van der Waals surface area contributed by atoms with E-state index in [2.05, 4.69) is 24.4 Å². The van der Waals surface area contributed by atoms with Gasteiger partial charge >= 0.3 is 0 Å². The summed E-state index contributed by atoms with van der Waals surface area (Å²) in [7, 11) is 1.60. The molecule has 36 heavy (non-hydrogen) atoms. The summed E-state index contributed by atoms with van der Waals surface area (Å²) >= 11 is 0. The summed E-state index contributed by atoms with van der Waals surface area (Å²) in [5.74, 6) is -0.697. The van der Waals surface area contributed by atoms with Crippen molar-refractivity contribution in [1.29, 1.82) is 0 Å². The van der Waals surface area contributed by atoms with E-state index in [-0.39, 0.29) is 28.5 Å². The molecule has 7 nitrogen and oxygen atoms in total. The molecule has 194 valence electrons. The minimum atomic E-state index is -0.494. The maximum absolute atomic E-state index is 13.5. The van der Waals surface area contributed by atoms with Crippen LogP contribution in [0.4, 0.5) is 0 Å². The van der Waals surface area contributed by atoms with Gasteiger partial charge in [0.05, 0.1) is 6.61 Å². The van der Waals surface area contributed by atoms with Crippen LogP contribution >= 0.6 is 0 Å². The number of methoxy groups -OCH3 is 1. The number of carbonyl (C=O) groups is 2. The predicted octanol–water partition coefficient (Wildman–Crippen LogP) is 4.14. The van der Waals surface area contributed by atoms with Crippen LogP contribution < -0.4 is 10.7 Å². The Labute approximate surface area is 213 Å². The van der Waals surface area contributed by atoms with Gasteiger partial charge in [-0.3, -0.25) is 14.4 Å². The molecule has 7 heteroatoms. The topological polar surface area (TPSA) is 80.6 Å². The molecule has 2 aromatic rings. The minimum absolute atomic E-state index is 0.0169. The zero-order chi connectivity index (χ0) is 25.5. The number of rotatable bonds is 9. The molecule has 2 amide bonds. The highest BCUT2D eigenvalue weighted by Gasteiger charge is 2.36. The molecule has 4 rings (SSSR count). The number of benzene rings is 1. The summed E-state index contributed by atoms with van der Waals surface area (Å²) in [5.41, 5.74) is 0.689. The lowest BCUT2D eigenvalue weighted by Gasteiger charge is -2.35. The highest BCUT2D eigenvalue weighted by atomic mass is 16.5. The number of hydrogen-bond acceptors (Lipinski definition) is 4. The van der Waals surface area contributed by atoms with Crippen molar-refractivity contribution in [3.05, 3.63) is 69.6 Å². The number of nitrogens with one attached hydrogen (secondary N) is 1. The van der Waals surface area contributed by atoms with Gasteiger partial charge in [-0.25, -0.2) is 0 Å². The molecular formula is C29H39N3O4. The van der Waals surface area contributed by atoms with Crippen molar-refractivity contribution in [2.75, 3.05) is 26.8 Å². The highest BCUT2D eigenvalue weighted by Crippen LogP contribution is 2.40. The maximum Gasteiger partial charge on any atom is 0.259 e. The number of ether oxygens (including phenoxy) is 1. The summed E-state index contributed by atoms with van der Waals surface area (Å²) in [6, 6.07) is 10.4. The van der Waals surface area contributed by atoms with Crippen molar-refractivity contribution < 1.29 is 14.3 Å². The maximum atomic E-state index is 13.5. The van der Waals surface area contributed by atoms with Gasteiger partial charge in [0.1, 0.15) is 11.1 Å². The van der Waals surface area contributed by atoms with E-state index in [0.29, 0.717) is 26.2 Å². The van der Waals surface area contributed by atoms with E-state index < -0.39 is 11.3 Å². The van der Waals surface area contributed by atoms with Crippen molar-refractivity contribution in [3.8, 4) is 0 Å². The fourth-order valence-corrected chi connectivity index (χ4v) is 5.87. The zero-order valence-corrected chi connectivity index (χ0v) is 21.6. The number of nitrogens with zero attached hydrogens (tertiary/aromatic N) is 2. The van der Waals surface area contributed by atoms with Crippen LogP contribution in [0.3, 0.4) is 0 Å². The van der Waals surface area contributed by atoms with E-state index in [1.54, 1.807) is 24.1 Å². The molecule has 1 saturated carbocycles. The molecule has 2 heterocycles. The molecule has 1 aromatic heterocycles. The lowest BCUT2D eigenvalue weighted by atomic mass is 9.79. The third-order valence-electron chi connectivity index (χ3n) is 8.00. The first kappa shape index (κ1) is 26.1. The first-order valence-corrected chi connectivity index (χ1v) is 13.4. The number of likely N-dealkylation sites (tertiary alicyclic amines) is 1. The van der Waals surface area contributed by atoms with Crippen LogP contribution in [0.15, 0.2) is 47.5 Å². The third kappa shape index (κ3) is 5.56. The predicted molar refractivity (Wildman–Crippen MR) is 140 cm³/mol. The van der Waals surface area contributed by atoms with Crippen LogP contribution in [-0.4, -0.2) is 54.1 Å².